The molecular weight excluding hydrogens is 350 g/mol. The van der Waals surface area contributed by atoms with E-state index in [1.807, 2.05) is 19.9 Å². The van der Waals surface area contributed by atoms with Crippen molar-refractivity contribution in [3.05, 3.63) is 34.9 Å². The van der Waals surface area contributed by atoms with Gasteiger partial charge < -0.3 is 15.4 Å². The first-order valence-corrected chi connectivity index (χ1v) is 8.96. The van der Waals surface area contributed by atoms with E-state index in [9.17, 15) is 19.2 Å². The molecule has 0 atom stereocenters. The van der Waals surface area contributed by atoms with Gasteiger partial charge in [-0.15, -0.1) is 0 Å². The Morgan fingerprint density at radius 3 is 2.44 bits per heavy atom. The van der Waals surface area contributed by atoms with Gasteiger partial charge in [0, 0.05) is 11.6 Å². The highest BCUT2D eigenvalue weighted by Crippen LogP contribution is 2.17. The van der Waals surface area contributed by atoms with E-state index in [0.29, 0.717) is 5.56 Å². The van der Waals surface area contributed by atoms with Crippen LogP contribution >= 0.6 is 0 Å². The summed E-state index contributed by atoms with van der Waals surface area (Å²) >= 11 is 0. The molecular formula is C19H25N3O5. The monoisotopic (exact) mass is 375 g/mol. The molecule has 1 aliphatic rings. The molecule has 8 nitrogen and oxygen atoms in total. The fraction of sp³-hybridized carbons (Fsp3) is 0.474. The molecule has 0 spiro atoms. The van der Waals surface area contributed by atoms with Gasteiger partial charge in [-0.25, -0.2) is 4.79 Å². The molecule has 1 saturated carbocycles. The summed E-state index contributed by atoms with van der Waals surface area (Å²) < 4.78 is 4.76. The highest BCUT2D eigenvalue weighted by Gasteiger charge is 2.18. The predicted molar refractivity (Wildman–Crippen MR) is 98.1 cm³/mol. The summed E-state index contributed by atoms with van der Waals surface area (Å²) in [4.78, 5) is 46.9. The van der Waals surface area contributed by atoms with Crippen LogP contribution in [0, 0.1) is 13.8 Å². The quantitative estimate of drug-likeness (QED) is 0.650. The summed E-state index contributed by atoms with van der Waals surface area (Å²) in [6.07, 6.45) is 3.92. The van der Waals surface area contributed by atoms with Crippen molar-refractivity contribution < 1.29 is 23.9 Å². The van der Waals surface area contributed by atoms with Crippen LogP contribution in [-0.2, 0) is 14.3 Å². The second kappa shape index (κ2) is 9.70. The van der Waals surface area contributed by atoms with Gasteiger partial charge in [-0.05, 0) is 49.9 Å². The topological polar surface area (TPSA) is 114 Å². The minimum Gasteiger partial charge on any atom is -0.454 e. The van der Waals surface area contributed by atoms with E-state index in [1.165, 1.54) is 0 Å². The standard InChI is InChI=1S/C19H25N3O5/c1-12-7-8-14(9-13(12)2)18(25)20-10-17(24)27-11-16(23)22-19(26)21-15-5-3-4-6-15/h7-9,15H,3-6,10-11H2,1-2H3,(H,20,25)(H2,21,22,23,26). The lowest BCUT2D eigenvalue weighted by Crippen LogP contribution is -2.45. The first-order valence-electron chi connectivity index (χ1n) is 8.96. The number of hydrogen-bond donors (Lipinski definition) is 3. The lowest BCUT2D eigenvalue weighted by atomic mass is 10.1. The molecule has 1 aromatic carbocycles. The molecule has 2 rings (SSSR count). The average molecular weight is 375 g/mol. The number of nitrogens with one attached hydrogen (secondary N) is 3. The van der Waals surface area contributed by atoms with Gasteiger partial charge >= 0.3 is 12.0 Å². The van der Waals surface area contributed by atoms with E-state index >= 15 is 0 Å². The maximum atomic E-state index is 12.0. The van der Waals surface area contributed by atoms with Crippen molar-refractivity contribution in [1.29, 1.82) is 0 Å². The van der Waals surface area contributed by atoms with Crippen LogP contribution in [-0.4, -0.2) is 43.0 Å². The van der Waals surface area contributed by atoms with Crippen LogP contribution in [0.15, 0.2) is 18.2 Å². The molecule has 0 saturated heterocycles. The number of hydrogen-bond acceptors (Lipinski definition) is 5. The number of imide groups is 1. The Labute approximate surface area is 158 Å². The van der Waals surface area contributed by atoms with Gasteiger partial charge in [0.15, 0.2) is 6.61 Å². The van der Waals surface area contributed by atoms with Gasteiger partial charge in [-0.3, -0.25) is 19.7 Å². The van der Waals surface area contributed by atoms with Crippen LogP contribution < -0.4 is 16.0 Å². The SMILES string of the molecule is Cc1ccc(C(=O)NCC(=O)OCC(=O)NC(=O)NC2CCCC2)cc1C. The highest BCUT2D eigenvalue weighted by molar-refractivity contribution is 5.97. The molecule has 27 heavy (non-hydrogen) atoms. The molecule has 3 N–H and O–H groups in total. The highest BCUT2D eigenvalue weighted by atomic mass is 16.5. The van der Waals surface area contributed by atoms with E-state index in [0.717, 1.165) is 36.8 Å². The molecule has 1 aliphatic carbocycles. The van der Waals surface area contributed by atoms with Crippen molar-refractivity contribution in [1.82, 2.24) is 16.0 Å². The summed E-state index contributed by atoms with van der Waals surface area (Å²) in [5, 5.41) is 7.24. The van der Waals surface area contributed by atoms with Crippen LogP contribution in [0.2, 0.25) is 0 Å². The van der Waals surface area contributed by atoms with E-state index < -0.39 is 30.4 Å². The van der Waals surface area contributed by atoms with Crippen LogP contribution in [0.1, 0.15) is 47.2 Å². The van der Waals surface area contributed by atoms with Crippen molar-refractivity contribution in [2.75, 3.05) is 13.2 Å². The maximum Gasteiger partial charge on any atom is 0.325 e. The molecule has 0 radical (unpaired) electrons. The Bertz CT molecular complexity index is 726. The van der Waals surface area contributed by atoms with E-state index in [1.54, 1.807) is 12.1 Å². The third kappa shape index (κ3) is 6.73. The van der Waals surface area contributed by atoms with Gasteiger partial charge in [0.05, 0.1) is 0 Å². The van der Waals surface area contributed by atoms with Gasteiger partial charge in [0.2, 0.25) is 0 Å². The number of amides is 4. The molecule has 1 aromatic rings. The second-order valence-electron chi connectivity index (χ2n) is 6.65. The summed E-state index contributed by atoms with van der Waals surface area (Å²) in [7, 11) is 0. The first kappa shape index (κ1) is 20.4. The van der Waals surface area contributed by atoms with Crippen LogP contribution in [0.25, 0.3) is 0 Å². The van der Waals surface area contributed by atoms with Gasteiger partial charge in [0.1, 0.15) is 6.54 Å². The summed E-state index contributed by atoms with van der Waals surface area (Å²) in [5.41, 5.74) is 2.47. The predicted octanol–water partition coefficient (Wildman–Crippen LogP) is 1.34. The number of urea groups is 1. The van der Waals surface area contributed by atoms with Crippen molar-refractivity contribution in [2.45, 2.75) is 45.6 Å². The molecule has 0 aromatic heterocycles. The van der Waals surface area contributed by atoms with Gasteiger partial charge in [0.25, 0.3) is 11.8 Å². The molecule has 1 fully saturated rings. The summed E-state index contributed by atoms with van der Waals surface area (Å²) in [6, 6.07) is 4.71. The summed E-state index contributed by atoms with van der Waals surface area (Å²) in [5.74, 6) is -1.90. The lowest BCUT2D eigenvalue weighted by molar-refractivity contribution is -0.147. The smallest absolute Gasteiger partial charge is 0.325 e. The molecule has 0 unspecified atom stereocenters. The van der Waals surface area contributed by atoms with E-state index in [4.69, 9.17) is 4.74 Å². The Hall–Kier alpha value is -2.90. The van der Waals surface area contributed by atoms with Crippen LogP contribution in [0.5, 0.6) is 0 Å². The lowest BCUT2D eigenvalue weighted by Gasteiger charge is -2.12. The van der Waals surface area contributed by atoms with Gasteiger partial charge in [-0.1, -0.05) is 18.9 Å². The average Bonchev–Trinajstić information content (AvgIpc) is 3.12. The Balaban J connectivity index is 1.66. The largest absolute Gasteiger partial charge is 0.454 e. The Kier molecular flexibility index (Phi) is 7.34. The van der Waals surface area contributed by atoms with Crippen molar-refractivity contribution in [3.63, 3.8) is 0 Å². The number of carbonyl (C=O) groups is 4. The minimum atomic E-state index is -0.765. The number of esters is 1. The first-order chi connectivity index (χ1) is 12.8. The zero-order chi connectivity index (χ0) is 19.8. The number of carbonyl (C=O) groups excluding carboxylic acids is 4. The number of aryl methyl sites for hydroxylation is 2. The fourth-order valence-electron chi connectivity index (χ4n) is 2.79. The zero-order valence-electron chi connectivity index (χ0n) is 15.6. The molecule has 4 amide bonds. The van der Waals surface area contributed by atoms with Crippen molar-refractivity contribution in [2.24, 2.45) is 0 Å². The zero-order valence-corrected chi connectivity index (χ0v) is 15.6. The maximum absolute atomic E-state index is 12.0. The molecule has 146 valence electrons. The molecule has 0 aliphatic heterocycles. The fourth-order valence-corrected chi connectivity index (χ4v) is 2.79. The van der Waals surface area contributed by atoms with Crippen LogP contribution in [0.4, 0.5) is 4.79 Å². The van der Waals surface area contributed by atoms with Crippen molar-refractivity contribution in [3.8, 4) is 0 Å². The number of rotatable bonds is 6. The minimum absolute atomic E-state index is 0.0842. The van der Waals surface area contributed by atoms with Crippen LogP contribution in [0.3, 0.4) is 0 Å². The second-order valence-corrected chi connectivity index (χ2v) is 6.65. The van der Waals surface area contributed by atoms with E-state index in [2.05, 4.69) is 16.0 Å². The Morgan fingerprint density at radius 2 is 1.78 bits per heavy atom. The van der Waals surface area contributed by atoms with E-state index in [-0.39, 0.29) is 12.6 Å². The molecule has 8 heteroatoms. The molecule has 0 heterocycles. The Morgan fingerprint density at radius 1 is 1.07 bits per heavy atom. The summed E-state index contributed by atoms with van der Waals surface area (Å²) in [6.45, 7) is 2.87. The number of benzene rings is 1. The third-order valence-electron chi connectivity index (χ3n) is 4.47. The normalized spacial score (nSPS) is 13.7. The molecule has 0 bridgehead atoms. The van der Waals surface area contributed by atoms with Crippen molar-refractivity contribution >= 4 is 23.8 Å². The van der Waals surface area contributed by atoms with Gasteiger partial charge in [-0.2, -0.15) is 0 Å². The number of ether oxygens (including phenoxy) is 1. The third-order valence-corrected chi connectivity index (χ3v) is 4.47.